The number of hydrogen-bond donors (Lipinski definition) is 2. The first-order valence-electron chi connectivity index (χ1n) is 11.6. The Bertz CT molecular complexity index is 1120. The first-order valence-corrected chi connectivity index (χ1v) is 12.8. The molecule has 1 fully saturated rings. The summed E-state index contributed by atoms with van der Waals surface area (Å²) in [4.78, 5) is 27.7. The van der Waals surface area contributed by atoms with Gasteiger partial charge in [-0.15, -0.1) is 11.8 Å². The van der Waals surface area contributed by atoms with Gasteiger partial charge in [-0.05, 0) is 54.1 Å². The fourth-order valence-electron chi connectivity index (χ4n) is 3.55. The monoisotopic (exact) mass is 509 g/mol. The number of benzene rings is 3. The van der Waals surface area contributed by atoms with E-state index in [1.165, 1.54) is 24.3 Å². The standard InChI is InChI=1S/C27H28FN3O4S/c28-21-6-10-23(11-7-21)35-24-12-8-22(9-13-24)29-27(33)25(18-34-17-20-4-2-1-3-5-20)30-26(32)16-31-14-15-36-19-31/h1-13,25H,14-19H2,(H,29,33)(H,30,32)/t25-/m0/s1. The van der Waals surface area contributed by atoms with Gasteiger partial charge in [0.25, 0.3) is 0 Å². The van der Waals surface area contributed by atoms with Crippen LogP contribution in [0.1, 0.15) is 5.56 Å². The van der Waals surface area contributed by atoms with Crippen molar-refractivity contribution in [2.45, 2.75) is 12.6 Å². The third kappa shape index (κ3) is 8.08. The molecule has 3 aromatic rings. The normalized spacial score (nSPS) is 14.2. The van der Waals surface area contributed by atoms with E-state index in [0.29, 0.717) is 23.8 Å². The van der Waals surface area contributed by atoms with E-state index in [1.54, 1.807) is 36.0 Å². The van der Waals surface area contributed by atoms with Crippen LogP contribution in [0.3, 0.4) is 0 Å². The van der Waals surface area contributed by atoms with Crippen molar-refractivity contribution in [2.24, 2.45) is 0 Å². The maximum absolute atomic E-state index is 13.1. The summed E-state index contributed by atoms with van der Waals surface area (Å²) in [5, 5.41) is 5.65. The topological polar surface area (TPSA) is 79.9 Å². The Morgan fingerprint density at radius 3 is 2.33 bits per heavy atom. The van der Waals surface area contributed by atoms with E-state index >= 15 is 0 Å². The molecule has 1 aliphatic rings. The van der Waals surface area contributed by atoms with Gasteiger partial charge in [-0.2, -0.15) is 0 Å². The summed E-state index contributed by atoms with van der Waals surface area (Å²) in [7, 11) is 0. The van der Waals surface area contributed by atoms with Crippen molar-refractivity contribution in [3.05, 3.63) is 90.2 Å². The minimum Gasteiger partial charge on any atom is -0.457 e. The molecule has 0 spiro atoms. The van der Waals surface area contributed by atoms with Gasteiger partial charge in [0.15, 0.2) is 0 Å². The maximum Gasteiger partial charge on any atom is 0.249 e. The second-order valence-corrected chi connectivity index (χ2v) is 9.36. The number of amides is 2. The maximum atomic E-state index is 13.1. The highest BCUT2D eigenvalue weighted by molar-refractivity contribution is 7.99. The van der Waals surface area contributed by atoms with Crippen molar-refractivity contribution < 1.29 is 23.5 Å². The Kier molecular flexibility index (Phi) is 9.32. The molecule has 0 aliphatic carbocycles. The molecule has 1 atom stereocenters. The number of ether oxygens (including phenoxy) is 2. The summed E-state index contributed by atoms with van der Waals surface area (Å²) < 4.78 is 24.5. The Labute approximate surface area is 214 Å². The number of nitrogens with one attached hydrogen (secondary N) is 2. The molecule has 0 radical (unpaired) electrons. The molecule has 3 aromatic carbocycles. The average Bonchev–Trinajstić information content (AvgIpc) is 3.39. The van der Waals surface area contributed by atoms with Gasteiger partial charge in [-0.1, -0.05) is 30.3 Å². The molecular weight excluding hydrogens is 481 g/mol. The smallest absolute Gasteiger partial charge is 0.249 e. The van der Waals surface area contributed by atoms with Gasteiger partial charge >= 0.3 is 0 Å². The van der Waals surface area contributed by atoms with Gasteiger partial charge < -0.3 is 20.1 Å². The second kappa shape index (κ2) is 13.1. The lowest BCUT2D eigenvalue weighted by Crippen LogP contribution is -2.49. The van der Waals surface area contributed by atoms with E-state index in [4.69, 9.17) is 9.47 Å². The van der Waals surface area contributed by atoms with E-state index < -0.39 is 6.04 Å². The molecule has 7 nitrogen and oxygen atoms in total. The summed E-state index contributed by atoms with van der Waals surface area (Å²) in [6.07, 6.45) is 0. The van der Waals surface area contributed by atoms with Crippen LogP contribution in [-0.4, -0.2) is 54.1 Å². The lowest BCUT2D eigenvalue weighted by atomic mass is 10.2. The first kappa shape index (κ1) is 25.7. The van der Waals surface area contributed by atoms with Crippen molar-refractivity contribution in [3.63, 3.8) is 0 Å². The van der Waals surface area contributed by atoms with Gasteiger partial charge in [-0.3, -0.25) is 14.5 Å². The van der Waals surface area contributed by atoms with E-state index in [1.807, 2.05) is 35.2 Å². The highest BCUT2D eigenvalue weighted by Gasteiger charge is 2.23. The average molecular weight is 510 g/mol. The minimum absolute atomic E-state index is 0.0347. The predicted molar refractivity (Wildman–Crippen MR) is 138 cm³/mol. The molecule has 0 bridgehead atoms. The van der Waals surface area contributed by atoms with Crippen LogP contribution in [0.4, 0.5) is 10.1 Å². The Morgan fingerprint density at radius 1 is 0.972 bits per heavy atom. The molecule has 1 saturated heterocycles. The van der Waals surface area contributed by atoms with Crippen molar-refractivity contribution >= 4 is 29.3 Å². The molecule has 0 saturated carbocycles. The van der Waals surface area contributed by atoms with Gasteiger partial charge in [0, 0.05) is 23.9 Å². The van der Waals surface area contributed by atoms with Crippen LogP contribution in [0.2, 0.25) is 0 Å². The summed E-state index contributed by atoms with van der Waals surface area (Å²) in [6, 6.07) is 21.3. The highest BCUT2D eigenvalue weighted by Crippen LogP contribution is 2.23. The Morgan fingerprint density at radius 2 is 1.67 bits per heavy atom. The van der Waals surface area contributed by atoms with Crippen molar-refractivity contribution in [2.75, 3.05) is 36.6 Å². The molecule has 188 valence electrons. The fourth-order valence-corrected chi connectivity index (χ4v) is 4.54. The van der Waals surface area contributed by atoms with Gasteiger partial charge in [0.05, 0.1) is 19.8 Å². The van der Waals surface area contributed by atoms with Crippen LogP contribution in [0.25, 0.3) is 0 Å². The number of nitrogens with zero attached hydrogens (tertiary/aromatic N) is 1. The molecule has 0 aromatic heterocycles. The number of carbonyl (C=O) groups excluding carboxylic acids is 2. The number of carbonyl (C=O) groups is 2. The zero-order valence-corrected chi connectivity index (χ0v) is 20.5. The van der Waals surface area contributed by atoms with Crippen molar-refractivity contribution in [1.82, 2.24) is 10.2 Å². The van der Waals surface area contributed by atoms with E-state index in [-0.39, 0.29) is 30.8 Å². The number of thioether (sulfide) groups is 1. The molecule has 9 heteroatoms. The molecular formula is C27H28FN3O4S. The van der Waals surface area contributed by atoms with Crippen molar-refractivity contribution in [3.8, 4) is 11.5 Å². The molecule has 0 unspecified atom stereocenters. The number of hydrogen-bond acceptors (Lipinski definition) is 6. The fraction of sp³-hybridized carbons (Fsp3) is 0.259. The van der Waals surface area contributed by atoms with Crippen LogP contribution in [0, 0.1) is 5.82 Å². The van der Waals surface area contributed by atoms with Crippen LogP contribution in [0.15, 0.2) is 78.9 Å². The van der Waals surface area contributed by atoms with Gasteiger partial charge in [0.2, 0.25) is 11.8 Å². The van der Waals surface area contributed by atoms with Crippen LogP contribution >= 0.6 is 11.8 Å². The van der Waals surface area contributed by atoms with Crippen LogP contribution in [-0.2, 0) is 20.9 Å². The third-order valence-corrected chi connectivity index (χ3v) is 6.43. The quantitative estimate of drug-likeness (QED) is 0.402. The Hall–Kier alpha value is -3.40. The van der Waals surface area contributed by atoms with Gasteiger partial charge in [0.1, 0.15) is 23.4 Å². The highest BCUT2D eigenvalue weighted by atomic mass is 32.2. The second-order valence-electron chi connectivity index (χ2n) is 8.28. The summed E-state index contributed by atoms with van der Waals surface area (Å²) >= 11 is 1.78. The molecule has 1 heterocycles. The summed E-state index contributed by atoms with van der Waals surface area (Å²) in [5.41, 5.74) is 1.53. The lowest BCUT2D eigenvalue weighted by Gasteiger charge is -2.21. The molecule has 36 heavy (non-hydrogen) atoms. The molecule has 4 rings (SSSR count). The molecule has 1 aliphatic heterocycles. The zero-order valence-electron chi connectivity index (χ0n) is 19.7. The number of anilines is 1. The zero-order chi connectivity index (χ0) is 25.2. The SMILES string of the molecule is O=C(CN1CCSC1)N[C@@H](COCc1ccccc1)C(=O)Nc1ccc(Oc2ccc(F)cc2)cc1. The summed E-state index contributed by atoms with van der Waals surface area (Å²) in [5.74, 6) is 1.92. The predicted octanol–water partition coefficient (Wildman–Crippen LogP) is 4.26. The number of rotatable bonds is 11. The van der Waals surface area contributed by atoms with E-state index in [0.717, 1.165) is 23.7 Å². The third-order valence-electron chi connectivity index (χ3n) is 5.41. The van der Waals surface area contributed by atoms with E-state index in [2.05, 4.69) is 10.6 Å². The minimum atomic E-state index is -0.855. The van der Waals surface area contributed by atoms with Gasteiger partial charge in [-0.25, -0.2) is 4.39 Å². The largest absolute Gasteiger partial charge is 0.457 e. The van der Waals surface area contributed by atoms with Crippen molar-refractivity contribution in [1.29, 1.82) is 0 Å². The number of halogens is 1. The lowest BCUT2D eigenvalue weighted by molar-refractivity contribution is -0.128. The molecule has 2 amide bonds. The van der Waals surface area contributed by atoms with Crippen LogP contribution in [0.5, 0.6) is 11.5 Å². The molecule has 2 N–H and O–H groups in total. The summed E-state index contributed by atoms with van der Waals surface area (Å²) in [6.45, 7) is 1.46. The van der Waals surface area contributed by atoms with E-state index in [9.17, 15) is 14.0 Å². The Balaban J connectivity index is 1.34. The van der Waals surface area contributed by atoms with Crippen LogP contribution < -0.4 is 15.4 Å². The first-order chi connectivity index (χ1) is 17.5.